The molecule has 0 spiro atoms. The van der Waals surface area contributed by atoms with Crippen molar-refractivity contribution in [2.45, 2.75) is 51.0 Å². The second-order valence-electron chi connectivity index (χ2n) is 7.62. The number of hydrogen-bond donors (Lipinski definition) is 1. The molecule has 6 nitrogen and oxygen atoms in total. The number of piperidine rings is 1. The molecule has 2 aromatic heterocycles. The number of rotatable bonds is 4. The van der Waals surface area contributed by atoms with Crippen LogP contribution in [0.15, 0.2) is 36.7 Å². The van der Waals surface area contributed by atoms with Gasteiger partial charge in [0.1, 0.15) is 0 Å². The molecular weight excluding hydrogens is 338 g/mol. The van der Waals surface area contributed by atoms with E-state index in [1.165, 1.54) is 19.3 Å². The van der Waals surface area contributed by atoms with Gasteiger partial charge in [0.05, 0.1) is 5.69 Å². The fourth-order valence-corrected chi connectivity index (χ4v) is 4.11. The minimum Gasteiger partial charge on any atom is -0.355 e. The number of hydrogen-bond acceptors (Lipinski definition) is 5. The quantitative estimate of drug-likeness (QED) is 0.901. The Kier molecular flexibility index (Phi) is 5.61. The van der Waals surface area contributed by atoms with Crippen LogP contribution in [0.3, 0.4) is 0 Å². The number of anilines is 1. The molecule has 6 heteroatoms. The van der Waals surface area contributed by atoms with Gasteiger partial charge in [0.2, 0.25) is 5.91 Å². The first kappa shape index (κ1) is 17.9. The third-order valence-electron chi connectivity index (χ3n) is 5.77. The molecule has 142 valence electrons. The zero-order valence-electron chi connectivity index (χ0n) is 15.7. The number of nitrogens with one attached hydrogen (secondary N) is 1. The summed E-state index contributed by atoms with van der Waals surface area (Å²) in [6, 6.07) is 8.28. The highest BCUT2D eigenvalue weighted by atomic mass is 16.1. The highest BCUT2D eigenvalue weighted by Crippen LogP contribution is 2.24. The van der Waals surface area contributed by atoms with Crippen molar-refractivity contribution in [3.63, 3.8) is 0 Å². The first-order chi connectivity index (χ1) is 13.3. The Bertz CT molecular complexity index is 735. The normalized spacial score (nSPS) is 19.0. The molecule has 0 aromatic carbocycles. The van der Waals surface area contributed by atoms with Crippen molar-refractivity contribution in [1.29, 1.82) is 0 Å². The highest BCUT2D eigenvalue weighted by molar-refractivity contribution is 5.79. The lowest BCUT2D eigenvalue weighted by molar-refractivity contribution is -0.126. The van der Waals surface area contributed by atoms with Crippen LogP contribution < -0.4 is 10.2 Å². The summed E-state index contributed by atoms with van der Waals surface area (Å²) in [5, 5.41) is 12.0. The van der Waals surface area contributed by atoms with Crippen LogP contribution in [0.4, 0.5) is 5.82 Å². The Labute approximate surface area is 160 Å². The van der Waals surface area contributed by atoms with Crippen LogP contribution in [-0.4, -0.2) is 40.2 Å². The van der Waals surface area contributed by atoms with Gasteiger partial charge >= 0.3 is 0 Å². The van der Waals surface area contributed by atoms with Crippen molar-refractivity contribution < 1.29 is 4.79 Å². The van der Waals surface area contributed by atoms with Gasteiger partial charge in [-0.15, -0.1) is 10.2 Å². The van der Waals surface area contributed by atoms with Crippen LogP contribution in [0.5, 0.6) is 0 Å². The van der Waals surface area contributed by atoms with Crippen molar-refractivity contribution in [2.24, 2.45) is 5.92 Å². The standard InChI is InChI=1S/C21H27N5O/c27-21(23-18-4-2-1-3-5-18)17-10-14-26(15-11-17)20-7-6-19(24-25-20)16-8-12-22-13-9-16/h6-9,12-13,17-18H,1-5,10-11,14-15H2,(H,23,27). The summed E-state index contributed by atoms with van der Waals surface area (Å²) in [6.07, 6.45) is 11.4. The van der Waals surface area contributed by atoms with Gasteiger partial charge in [-0.1, -0.05) is 19.3 Å². The smallest absolute Gasteiger partial charge is 0.223 e. The maximum absolute atomic E-state index is 12.5. The van der Waals surface area contributed by atoms with Gasteiger partial charge in [-0.3, -0.25) is 9.78 Å². The van der Waals surface area contributed by atoms with Crippen LogP contribution in [0.1, 0.15) is 44.9 Å². The molecule has 1 aliphatic heterocycles. The second-order valence-corrected chi connectivity index (χ2v) is 7.62. The van der Waals surface area contributed by atoms with E-state index in [1.807, 2.05) is 24.3 Å². The van der Waals surface area contributed by atoms with Crippen LogP contribution in [0.25, 0.3) is 11.3 Å². The summed E-state index contributed by atoms with van der Waals surface area (Å²) in [5.74, 6) is 1.27. The number of pyridine rings is 1. The maximum Gasteiger partial charge on any atom is 0.223 e. The Morgan fingerprint density at radius 2 is 1.67 bits per heavy atom. The molecule has 2 aromatic rings. The predicted octanol–water partition coefficient (Wildman–Crippen LogP) is 3.20. The van der Waals surface area contributed by atoms with E-state index in [-0.39, 0.29) is 11.8 Å². The van der Waals surface area contributed by atoms with Crippen molar-refractivity contribution in [3.8, 4) is 11.3 Å². The van der Waals surface area contributed by atoms with Crippen LogP contribution in [0.2, 0.25) is 0 Å². The second kappa shape index (κ2) is 8.46. The molecule has 1 aliphatic carbocycles. The molecule has 1 amide bonds. The molecule has 0 bridgehead atoms. The zero-order chi connectivity index (χ0) is 18.5. The van der Waals surface area contributed by atoms with E-state index in [2.05, 4.69) is 25.4 Å². The molecule has 1 saturated carbocycles. The maximum atomic E-state index is 12.5. The molecule has 1 N–H and O–H groups in total. The van der Waals surface area contributed by atoms with Gasteiger partial charge in [-0.2, -0.15) is 0 Å². The van der Waals surface area contributed by atoms with Gasteiger partial charge in [-0.05, 0) is 49.9 Å². The summed E-state index contributed by atoms with van der Waals surface area (Å²) < 4.78 is 0. The molecule has 0 radical (unpaired) electrons. The zero-order valence-corrected chi connectivity index (χ0v) is 15.7. The van der Waals surface area contributed by atoms with E-state index in [1.54, 1.807) is 12.4 Å². The van der Waals surface area contributed by atoms with E-state index in [4.69, 9.17) is 0 Å². The van der Waals surface area contributed by atoms with E-state index in [9.17, 15) is 4.79 Å². The summed E-state index contributed by atoms with van der Waals surface area (Å²) >= 11 is 0. The lowest BCUT2D eigenvalue weighted by Crippen LogP contribution is -2.44. The molecule has 1 saturated heterocycles. The Morgan fingerprint density at radius 3 is 2.33 bits per heavy atom. The molecule has 4 rings (SSSR count). The van der Waals surface area contributed by atoms with Gasteiger partial charge in [0.15, 0.2) is 5.82 Å². The van der Waals surface area contributed by atoms with E-state index >= 15 is 0 Å². The Hall–Kier alpha value is -2.50. The number of carbonyl (C=O) groups is 1. The third kappa shape index (κ3) is 4.43. The van der Waals surface area contributed by atoms with Crippen molar-refractivity contribution >= 4 is 11.7 Å². The average molecular weight is 365 g/mol. The van der Waals surface area contributed by atoms with Gasteiger partial charge < -0.3 is 10.2 Å². The summed E-state index contributed by atoms with van der Waals surface area (Å²) in [6.45, 7) is 1.71. The minimum atomic E-state index is 0.132. The largest absolute Gasteiger partial charge is 0.355 e. The van der Waals surface area contributed by atoms with Crippen molar-refractivity contribution in [2.75, 3.05) is 18.0 Å². The Balaban J connectivity index is 1.30. The molecule has 0 atom stereocenters. The van der Waals surface area contributed by atoms with Crippen molar-refractivity contribution in [3.05, 3.63) is 36.7 Å². The molecular formula is C21H27N5O. The summed E-state index contributed by atoms with van der Waals surface area (Å²) in [5.41, 5.74) is 1.87. The SMILES string of the molecule is O=C(NC1CCCCC1)C1CCN(c2ccc(-c3ccncc3)nn2)CC1. The van der Waals surface area contributed by atoms with Gasteiger partial charge in [0, 0.05) is 43.0 Å². The van der Waals surface area contributed by atoms with E-state index < -0.39 is 0 Å². The highest BCUT2D eigenvalue weighted by Gasteiger charge is 2.27. The van der Waals surface area contributed by atoms with Crippen LogP contribution in [-0.2, 0) is 4.79 Å². The first-order valence-electron chi connectivity index (χ1n) is 10.1. The van der Waals surface area contributed by atoms with Gasteiger partial charge in [-0.25, -0.2) is 0 Å². The fraction of sp³-hybridized carbons (Fsp3) is 0.524. The predicted molar refractivity (Wildman–Crippen MR) is 105 cm³/mol. The number of amides is 1. The molecule has 27 heavy (non-hydrogen) atoms. The first-order valence-corrected chi connectivity index (χ1v) is 10.1. The summed E-state index contributed by atoms with van der Waals surface area (Å²) in [4.78, 5) is 18.8. The topological polar surface area (TPSA) is 71.0 Å². The number of carbonyl (C=O) groups excluding carboxylic acids is 1. The van der Waals surface area contributed by atoms with E-state index in [0.717, 1.165) is 55.8 Å². The number of aromatic nitrogens is 3. The van der Waals surface area contributed by atoms with Crippen LogP contribution >= 0.6 is 0 Å². The number of nitrogens with zero attached hydrogens (tertiary/aromatic N) is 4. The lowest BCUT2D eigenvalue weighted by Gasteiger charge is -2.33. The molecule has 0 unspecified atom stereocenters. The third-order valence-corrected chi connectivity index (χ3v) is 5.77. The molecule has 2 aliphatic rings. The fourth-order valence-electron chi connectivity index (χ4n) is 4.11. The monoisotopic (exact) mass is 365 g/mol. The lowest BCUT2D eigenvalue weighted by atomic mass is 9.92. The molecule has 2 fully saturated rings. The van der Waals surface area contributed by atoms with E-state index in [0.29, 0.717) is 6.04 Å². The van der Waals surface area contributed by atoms with Gasteiger partial charge in [0.25, 0.3) is 0 Å². The van der Waals surface area contributed by atoms with Crippen molar-refractivity contribution in [1.82, 2.24) is 20.5 Å². The minimum absolute atomic E-state index is 0.132. The average Bonchev–Trinajstić information content (AvgIpc) is 2.75. The molecule has 3 heterocycles. The summed E-state index contributed by atoms with van der Waals surface area (Å²) in [7, 11) is 0. The van der Waals surface area contributed by atoms with Crippen LogP contribution in [0, 0.1) is 5.92 Å². The Morgan fingerprint density at radius 1 is 0.926 bits per heavy atom.